The summed E-state index contributed by atoms with van der Waals surface area (Å²) in [6, 6.07) is 4.99. The fourth-order valence-electron chi connectivity index (χ4n) is 1.60. The van der Waals surface area contributed by atoms with Crippen molar-refractivity contribution >= 4 is 11.6 Å². The molecule has 1 aromatic carbocycles. The lowest BCUT2D eigenvalue weighted by Gasteiger charge is -2.19. The van der Waals surface area contributed by atoms with E-state index in [1.165, 1.54) is 7.11 Å². The number of hydrogen-bond donors (Lipinski definition) is 1. The molecule has 4 heteroatoms. The van der Waals surface area contributed by atoms with Gasteiger partial charge in [0.1, 0.15) is 5.75 Å². The monoisotopic (exact) mass is 246 g/mol. The average Bonchev–Trinajstić information content (AvgIpc) is 2.37. The number of nitrogens with zero attached hydrogens (tertiary/aromatic N) is 1. The Morgan fingerprint density at radius 3 is 2.44 bits per heavy atom. The van der Waals surface area contributed by atoms with Crippen LogP contribution in [0.4, 0.5) is 5.69 Å². The fraction of sp³-hybridized carbons (Fsp3) is 0.214. The number of rotatable bonds is 6. The van der Waals surface area contributed by atoms with Crippen molar-refractivity contribution in [1.29, 1.82) is 0 Å². The van der Waals surface area contributed by atoms with E-state index >= 15 is 0 Å². The van der Waals surface area contributed by atoms with Crippen molar-refractivity contribution < 1.29 is 9.53 Å². The highest BCUT2D eigenvalue weighted by Crippen LogP contribution is 2.22. The predicted molar refractivity (Wildman–Crippen MR) is 73.7 cm³/mol. The number of nitrogens with two attached hydrogens (primary N) is 1. The minimum atomic E-state index is -0.107. The zero-order chi connectivity index (χ0) is 13.5. The molecule has 0 aliphatic rings. The fourth-order valence-corrected chi connectivity index (χ4v) is 1.60. The van der Waals surface area contributed by atoms with Gasteiger partial charge in [-0.05, 0) is 18.2 Å². The number of nitrogen functional groups attached to an aromatic ring is 1. The molecule has 18 heavy (non-hydrogen) atoms. The molecule has 4 nitrogen and oxygen atoms in total. The first-order valence-electron chi connectivity index (χ1n) is 5.58. The van der Waals surface area contributed by atoms with E-state index in [2.05, 4.69) is 13.2 Å². The van der Waals surface area contributed by atoms with Gasteiger partial charge in [-0.2, -0.15) is 0 Å². The number of methoxy groups -OCH3 is 1. The lowest BCUT2D eigenvalue weighted by molar-refractivity contribution is 0.0791. The molecule has 0 saturated heterocycles. The molecule has 0 heterocycles. The zero-order valence-corrected chi connectivity index (χ0v) is 10.6. The van der Waals surface area contributed by atoms with E-state index in [1.807, 2.05) is 0 Å². The van der Waals surface area contributed by atoms with E-state index in [0.717, 1.165) is 0 Å². The molecule has 1 rings (SSSR count). The van der Waals surface area contributed by atoms with Crippen molar-refractivity contribution in [3.8, 4) is 5.75 Å². The molecule has 0 atom stereocenters. The summed E-state index contributed by atoms with van der Waals surface area (Å²) in [4.78, 5) is 13.8. The maximum Gasteiger partial charge on any atom is 0.254 e. The molecule has 0 saturated carbocycles. The van der Waals surface area contributed by atoms with Gasteiger partial charge in [-0.15, -0.1) is 13.2 Å². The highest BCUT2D eigenvalue weighted by atomic mass is 16.5. The molecule has 0 fully saturated rings. The number of carbonyl (C=O) groups is 1. The molecule has 1 aromatic rings. The van der Waals surface area contributed by atoms with Crippen LogP contribution in [-0.2, 0) is 0 Å². The second-order valence-corrected chi connectivity index (χ2v) is 3.74. The molecular weight excluding hydrogens is 228 g/mol. The summed E-state index contributed by atoms with van der Waals surface area (Å²) in [6.07, 6.45) is 3.35. The van der Waals surface area contributed by atoms with Crippen LogP contribution >= 0.6 is 0 Å². The Labute approximate surface area is 107 Å². The summed E-state index contributed by atoms with van der Waals surface area (Å²) in [7, 11) is 1.54. The highest BCUT2D eigenvalue weighted by molar-refractivity contribution is 5.95. The van der Waals surface area contributed by atoms with Crippen LogP contribution in [0.1, 0.15) is 10.4 Å². The van der Waals surface area contributed by atoms with E-state index in [9.17, 15) is 4.79 Å². The largest absolute Gasteiger partial charge is 0.495 e. The Hall–Kier alpha value is -2.23. The summed E-state index contributed by atoms with van der Waals surface area (Å²) >= 11 is 0. The summed E-state index contributed by atoms with van der Waals surface area (Å²) in [5.41, 5.74) is 6.75. The first-order valence-corrected chi connectivity index (χ1v) is 5.58. The number of benzene rings is 1. The van der Waals surface area contributed by atoms with Crippen LogP contribution in [0, 0.1) is 0 Å². The molecule has 0 bridgehead atoms. The third-order valence-corrected chi connectivity index (χ3v) is 2.46. The van der Waals surface area contributed by atoms with Crippen LogP contribution in [0.15, 0.2) is 43.5 Å². The Balaban J connectivity index is 2.97. The Morgan fingerprint density at radius 1 is 1.39 bits per heavy atom. The van der Waals surface area contributed by atoms with Crippen molar-refractivity contribution in [2.45, 2.75) is 0 Å². The Morgan fingerprint density at radius 2 is 2.00 bits per heavy atom. The molecule has 96 valence electrons. The highest BCUT2D eigenvalue weighted by Gasteiger charge is 2.14. The standard InChI is InChI=1S/C14H18N2O2/c1-4-8-16(9-5-2)14(17)11-6-7-13(18-3)12(15)10-11/h4-7,10H,1-2,8-9,15H2,3H3. The smallest absolute Gasteiger partial charge is 0.254 e. The normalized spacial score (nSPS) is 9.61. The van der Waals surface area contributed by atoms with Crippen molar-refractivity contribution in [2.75, 3.05) is 25.9 Å². The summed E-state index contributed by atoms with van der Waals surface area (Å²) in [5.74, 6) is 0.453. The Bertz CT molecular complexity index is 445. The zero-order valence-electron chi connectivity index (χ0n) is 10.6. The van der Waals surface area contributed by atoms with Gasteiger partial charge in [0, 0.05) is 18.7 Å². The first-order chi connectivity index (χ1) is 8.63. The van der Waals surface area contributed by atoms with Crippen LogP contribution < -0.4 is 10.5 Å². The van der Waals surface area contributed by atoms with Gasteiger partial charge < -0.3 is 15.4 Å². The first kappa shape index (κ1) is 13.8. The van der Waals surface area contributed by atoms with Gasteiger partial charge in [0.25, 0.3) is 5.91 Å². The molecule has 2 N–H and O–H groups in total. The van der Waals surface area contributed by atoms with Gasteiger partial charge in [-0.3, -0.25) is 4.79 Å². The maximum absolute atomic E-state index is 12.2. The lowest BCUT2D eigenvalue weighted by Crippen LogP contribution is -2.31. The van der Waals surface area contributed by atoms with Gasteiger partial charge in [0.2, 0.25) is 0 Å². The number of amides is 1. The molecule has 0 radical (unpaired) electrons. The molecule has 0 unspecified atom stereocenters. The molecule has 1 amide bonds. The van der Waals surface area contributed by atoms with Crippen molar-refractivity contribution in [1.82, 2.24) is 4.90 Å². The van der Waals surface area contributed by atoms with Crippen LogP contribution in [-0.4, -0.2) is 31.0 Å². The van der Waals surface area contributed by atoms with Crippen LogP contribution in [0.5, 0.6) is 5.75 Å². The summed E-state index contributed by atoms with van der Waals surface area (Å²) < 4.78 is 5.05. The van der Waals surface area contributed by atoms with E-state index in [1.54, 1.807) is 35.3 Å². The number of ether oxygens (including phenoxy) is 1. The number of anilines is 1. The quantitative estimate of drug-likeness (QED) is 0.617. The van der Waals surface area contributed by atoms with E-state index in [0.29, 0.717) is 30.1 Å². The Kier molecular flexibility index (Phi) is 4.99. The predicted octanol–water partition coefficient (Wildman–Crippen LogP) is 2.09. The van der Waals surface area contributed by atoms with Crippen molar-refractivity contribution in [3.63, 3.8) is 0 Å². The third kappa shape index (κ3) is 3.13. The van der Waals surface area contributed by atoms with Gasteiger partial charge in [-0.1, -0.05) is 12.2 Å². The molecule has 0 aliphatic heterocycles. The van der Waals surface area contributed by atoms with E-state index < -0.39 is 0 Å². The van der Waals surface area contributed by atoms with Crippen LogP contribution in [0.3, 0.4) is 0 Å². The molecule has 0 aromatic heterocycles. The number of hydrogen-bond acceptors (Lipinski definition) is 3. The average molecular weight is 246 g/mol. The van der Waals surface area contributed by atoms with Gasteiger partial charge in [0.05, 0.1) is 12.8 Å². The minimum Gasteiger partial charge on any atom is -0.495 e. The van der Waals surface area contributed by atoms with Crippen molar-refractivity contribution in [3.05, 3.63) is 49.1 Å². The second kappa shape index (κ2) is 6.49. The van der Waals surface area contributed by atoms with Gasteiger partial charge in [-0.25, -0.2) is 0 Å². The maximum atomic E-state index is 12.2. The SMILES string of the molecule is C=CCN(CC=C)C(=O)c1ccc(OC)c(N)c1. The van der Waals surface area contributed by atoms with Gasteiger partial charge >= 0.3 is 0 Å². The molecular formula is C14H18N2O2. The van der Waals surface area contributed by atoms with E-state index in [4.69, 9.17) is 10.5 Å². The second-order valence-electron chi connectivity index (χ2n) is 3.74. The number of carbonyl (C=O) groups excluding carboxylic acids is 1. The van der Waals surface area contributed by atoms with Crippen LogP contribution in [0.2, 0.25) is 0 Å². The van der Waals surface area contributed by atoms with Crippen LogP contribution in [0.25, 0.3) is 0 Å². The third-order valence-electron chi connectivity index (χ3n) is 2.46. The van der Waals surface area contributed by atoms with Crippen molar-refractivity contribution in [2.24, 2.45) is 0 Å². The molecule has 0 aliphatic carbocycles. The topological polar surface area (TPSA) is 55.6 Å². The van der Waals surface area contributed by atoms with Gasteiger partial charge in [0.15, 0.2) is 0 Å². The minimum absolute atomic E-state index is 0.107. The summed E-state index contributed by atoms with van der Waals surface area (Å²) in [6.45, 7) is 8.20. The lowest BCUT2D eigenvalue weighted by atomic mass is 10.1. The summed E-state index contributed by atoms with van der Waals surface area (Å²) in [5, 5.41) is 0. The molecule has 0 spiro atoms. The van der Waals surface area contributed by atoms with E-state index in [-0.39, 0.29) is 5.91 Å².